The Morgan fingerprint density at radius 1 is 1.26 bits per heavy atom. The van der Waals surface area contributed by atoms with Gasteiger partial charge < -0.3 is 19.8 Å². The molecule has 27 heavy (non-hydrogen) atoms. The molecule has 3 heterocycles. The van der Waals surface area contributed by atoms with Crippen LogP contribution in [0.4, 0.5) is 0 Å². The molecule has 2 aromatic rings. The van der Waals surface area contributed by atoms with Gasteiger partial charge in [-0.3, -0.25) is 14.5 Å². The van der Waals surface area contributed by atoms with Crippen LogP contribution in [-0.4, -0.2) is 35.2 Å². The fourth-order valence-corrected chi connectivity index (χ4v) is 3.56. The van der Waals surface area contributed by atoms with Crippen molar-refractivity contribution in [2.75, 3.05) is 13.3 Å². The van der Waals surface area contributed by atoms with Crippen LogP contribution in [-0.2, 0) is 13.1 Å². The van der Waals surface area contributed by atoms with E-state index >= 15 is 0 Å². The smallest absolute Gasteiger partial charge is 0.261 e. The van der Waals surface area contributed by atoms with Gasteiger partial charge in [0.1, 0.15) is 5.56 Å². The molecule has 0 spiro atoms. The number of nitrogens with zero attached hydrogens (tertiary/aromatic N) is 1. The van der Waals surface area contributed by atoms with Crippen LogP contribution in [0.2, 0.25) is 0 Å². The number of amides is 1. The van der Waals surface area contributed by atoms with E-state index in [0.29, 0.717) is 30.6 Å². The average molecular weight is 369 g/mol. The molecule has 1 aromatic heterocycles. The molecule has 7 heteroatoms. The van der Waals surface area contributed by atoms with E-state index in [1.807, 2.05) is 24.3 Å². The van der Waals surface area contributed by atoms with Crippen LogP contribution in [0.3, 0.4) is 0 Å². The third-order valence-electron chi connectivity index (χ3n) is 5.17. The molecule has 1 atom stereocenters. The minimum absolute atomic E-state index is 0.119. The van der Waals surface area contributed by atoms with Gasteiger partial charge in [-0.2, -0.15) is 0 Å². The molecular formula is C20H23N3O4. The number of H-pyrrole nitrogens is 1. The van der Waals surface area contributed by atoms with Crippen molar-refractivity contribution in [3.05, 3.63) is 57.5 Å². The second-order valence-corrected chi connectivity index (χ2v) is 7.06. The number of likely N-dealkylation sites (tertiary alicyclic amines) is 1. The summed E-state index contributed by atoms with van der Waals surface area (Å²) >= 11 is 0. The highest BCUT2D eigenvalue weighted by atomic mass is 16.7. The van der Waals surface area contributed by atoms with Gasteiger partial charge in [-0.05, 0) is 56.1 Å². The van der Waals surface area contributed by atoms with Gasteiger partial charge in [-0.15, -0.1) is 0 Å². The zero-order chi connectivity index (χ0) is 18.8. The van der Waals surface area contributed by atoms with Crippen LogP contribution in [0.1, 0.15) is 41.4 Å². The molecule has 0 bridgehead atoms. The Hall–Kier alpha value is -2.80. The zero-order valence-corrected chi connectivity index (χ0v) is 15.3. The van der Waals surface area contributed by atoms with Gasteiger partial charge in [-0.25, -0.2) is 0 Å². The highest BCUT2D eigenvalue weighted by Crippen LogP contribution is 2.32. The molecule has 0 saturated carbocycles. The molecule has 1 amide bonds. The minimum Gasteiger partial charge on any atom is -0.454 e. The number of carbonyl (C=O) groups excluding carboxylic acids is 1. The minimum atomic E-state index is -0.394. The Kier molecular flexibility index (Phi) is 4.85. The van der Waals surface area contributed by atoms with Crippen molar-refractivity contribution in [2.45, 2.75) is 38.9 Å². The molecular weight excluding hydrogens is 346 g/mol. The van der Waals surface area contributed by atoms with Gasteiger partial charge in [-0.1, -0.05) is 6.07 Å². The standard InChI is InChI=1S/C20H23N3O4/c1-13-3-2-8-23(13)11-15-5-6-16(20(25)22-15)19(24)21-10-14-4-7-17-18(9-14)27-12-26-17/h4-7,9,13H,2-3,8,10-12H2,1H3,(H,21,24)(H,22,25)/t13-/m0/s1. The van der Waals surface area contributed by atoms with E-state index < -0.39 is 5.91 Å². The quantitative estimate of drug-likeness (QED) is 0.842. The third-order valence-corrected chi connectivity index (χ3v) is 5.17. The van der Waals surface area contributed by atoms with Crippen molar-refractivity contribution < 1.29 is 14.3 Å². The Bertz CT molecular complexity index is 908. The normalized spacial score (nSPS) is 18.6. The highest BCUT2D eigenvalue weighted by molar-refractivity contribution is 5.93. The Morgan fingerprint density at radius 2 is 2.11 bits per heavy atom. The van der Waals surface area contributed by atoms with Crippen molar-refractivity contribution in [3.63, 3.8) is 0 Å². The summed E-state index contributed by atoms with van der Waals surface area (Å²) in [6, 6.07) is 9.44. The molecule has 7 nitrogen and oxygen atoms in total. The summed E-state index contributed by atoms with van der Waals surface area (Å²) in [5.74, 6) is 0.972. The van der Waals surface area contributed by atoms with E-state index in [1.54, 1.807) is 6.07 Å². The van der Waals surface area contributed by atoms with Gasteiger partial charge in [0.25, 0.3) is 11.5 Å². The zero-order valence-electron chi connectivity index (χ0n) is 15.3. The van der Waals surface area contributed by atoms with Crippen LogP contribution in [0, 0.1) is 0 Å². The number of aromatic amines is 1. The predicted octanol–water partition coefficient (Wildman–Crippen LogP) is 2.02. The Labute approximate surface area is 157 Å². The second-order valence-electron chi connectivity index (χ2n) is 7.06. The van der Waals surface area contributed by atoms with Gasteiger partial charge in [0, 0.05) is 24.8 Å². The maximum Gasteiger partial charge on any atom is 0.261 e. The first-order valence-electron chi connectivity index (χ1n) is 9.23. The fraction of sp³-hybridized carbons (Fsp3) is 0.400. The lowest BCUT2D eigenvalue weighted by molar-refractivity contribution is 0.0949. The van der Waals surface area contributed by atoms with Crippen LogP contribution in [0.5, 0.6) is 11.5 Å². The number of fused-ring (bicyclic) bond motifs is 1. The summed E-state index contributed by atoms with van der Waals surface area (Å²) in [6.45, 7) is 4.46. The van der Waals surface area contributed by atoms with Gasteiger partial charge >= 0.3 is 0 Å². The number of benzene rings is 1. The lowest BCUT2D eigenvalue weighted by Gasteiger charge is -2.20. The topological polar surface area (TPSA) is 83.7 Å². The first-order chi connectivity index (χ1) is 13.1. The first kappa shape index (κ1) is 17.6. The molecule has 0 aliphatic carbocycles. The number of rotatable bonds is 5. The number of ether oxygens (including phenoxy) is 2. The molecule has 1 aromatic carbocycles. The summed E-state index contributed by atoms with van der Waals surface area (Å²) in [4.78, 5) is 29.9. The summed E-state index contributed by atoms with van der Waals surface area (Å²) in [7, 11) is 0. The van der Waals surface area contributed by atoms with Crippen LogP contribution in [0.25, 0.3) is 0 Å². The van der Waals surface area contributed by atoms with Crippen molar-refractivity contribution >= 4 is 5.91 Å². The van der Waals surface area contributed by atoms with E-state index in [4.69, 9.17) is 9.47 Å². The summed E-state index contributed by atoms with van der Waals surface area (Å²) in [5.41, 5.74) is 1.47. The van der Waals surface area contributed by atoms with E-state index in [9.17, 15) is 9.59 Å². The molecule has 1 fully saturated rings. The Balaban J connectivity index is 1.39. The highest BCUT2D eigenvalue weighted by Gasteiger charge is 2.21. The van der Waals surface area contributed by atoms with E-state index in [0.717, 1.165) is 17.8 Å². The number of hydrogen-bond donors (Lipinski definition) is 2. The van der Waals surface area contributed by atoms with Crippen molar-refractivity contribution in [1.82, 2.24) is 15.2 Å². The van der Waals surface area contributed by atoms with E-state index in [1.165, 1.54) is 12.8 Å². The Morgan fingerprint density at radius 3 is 2.89 bits per heavy atom. The van der Waals surface area contributed by atoms with Crippen LogP contribution < -0.4 is 20.3 Å². The number of hydrogen-bond acceptors (Lipinski definition) is 5. The molecule has 1 saturated heterocycles. The number of nitrogens with one attached hydrogen (secondary N) is 2. The number of aromatic nitrogens is 1. The maximum atomic E-state index is 12.4. The summed E-state index contributed by atoms with van der Waals surface area (Å²) < 4.78 is 10.6. The van der Waals surface area contributed by atoms with Gasteiger partial charge in [0.2, 0.25) is 6.79 Å². The monoisotopic (exact) mass is 369 g/mol. The molecule has 2 aliphatic heterocycles. The van der Waals surface area contributed by atoms with Gasteiger partial charge in [0.15, 0.2) is 11.5 Å². The van der Waals surface area contributed by atoms with Crippen molar-refractivity contribution in [3.8, 4) is 11.5 Å². The lowest BCUT2D eigenvalue weighted by atomic mass is 10.2. The first-order valence-corrected chi connectivity index (χ1v) is 9.23. The van der Waals surface area contributed by atoms with Crippen LogP contribution in [0.15, 0.2) is 35.1 Å². The molecule has 142 valence electrons. The SMILES string of the molecule is C[C@H]1CCCN1Cc1ccc(C(=O)NCc2ccc3c(c2)OCO3)c(=O)[nH]1. The molecule has 2 aliphatic rings. The number of carbonyl (C=O) groups is 1. The average Bonchev–Trinajstić information content (AvgIpc) is 3.28. The molecule has 2 N–H and O–H groups in total. The fourth-order valence-electron chi connectivity index (χ4n) is 3.56. The van der Waals surface area contributed by atoms with E-state index in [2.05, 4.69) is 22.1 Å². The third kappa shape index (κ3) is 3.83. The van der Waals surface area contributed by atoms with Crippen molar-refractivity contribution in [2.24, 2.45) is 0 Å². The largest absolute Gasteiger partial charge is 0.454 e. The molecule has 0 unspecified atom stereocenters. The summed E-state index contributed by atoms with van der Waals surface area (Å²) in [5, 5.41) is 2.78. The van der Waals surface area contributed by atoms with Gasteiger partial charge in [0.05, 0.1) is 0 Å². The lowest BCUT2D eigenvalue weighted by Crippen LogP contribution is -2.31. The predicted molar refractivity (Wildman–Crippen MR) is 99.9 cm³/mol. The maximum absolute atomic E-state index is 12.4. The number of pyridine rings is 1. The van der Waals surface area contributed by atoms with E-state index in [-0.39, 0.29) is 17.9 Å². The molecule has 0 radical (unpaired) electrons. The molecule has 4 rings (SSSR count). The van der Waals surface area contributed by atoms with Crippen LogP contribution >= 0.6 is 0 Å². The summed E-state index contributed by atoms with van der Waals surface area (Å²) in [6.07, 6.45) is 2.37. The van der Waals surface area contributed by atoms with Crippen molar-refractivity contribution in [1.29, 1.82) is 0 Å². The second kappa shape index (κ2) is 7.44.